The quantitative estimate of drug-likeness (QED) is 0.251. The summed E-state index contributed by atoms with van der Waals surface area (Å²) in [6.45, 7) is 2.59. The summed E-state index contributed by atoms with van der Waals surface area (Å²) in [5.74, 6) is -3.86. The van der Waals surface area contributed by atoms with Crippen LogP contribution in [0.3, 0.4) is 0 Å². The van der Waals surface area contributed by atoms with Gasteiger partial charge in [-0.05, 0) is 12.3 Å². The van der Waals surface area contributed by atoms with Gasteiger partial charge in [0, 0.05) is 6.42 Å². The molecule has 8 N–H and O–H groups in total. The molecule has 0 radical (unpaired) electrons. The first-order valence-electron chi connectivity index (χ1n) is 7.08. The normalized spacial score (nSPS) is 14.7. The van der Waals surface area contributed by atoms with E-state index in [0.717, 1.165) is 0 Å². The fourth-order valence-electron chi connectivity index (χ4n) is 1.68. The first-order chi connectivity index (χ1) is 10.6. The number of carbonyl (C=O) groups is 4. The van der Waals surface area contributed by atoms with Gasteiger partial charge in [0.05, 0.1) is 6.61 Å². The minimum Gasteiger partial charge on any atom is -0.480 e. The number of aliphatic hydroxyl groups excluding tert-OH is 1. The number of aliphatic hydroxyl groups is 1. The van der Waals surface area contributed by atoms with Crippen LogP contribution in [-0.2, 0) is 19.2 Å². The topological polar surface area (TPSA) is 185 Å². The van der Waals surface area contributed by atoms with Crippen LogP contribution in [0.4, 0.5) is 0 Å². The smallest absolute Gasteiger partial charge is 0.326 e. The Kier molecular flexibility index (Phi) is 8.81. The van der Waals surface area contributed by atoms with Crippen LogP contribution < -0.4 is 22.1 Å². The average Bonchev–Trinajstić information content (AvgIpc) is 2.46. The number of hydrogen-bond donors (Lipinski definition) is 6. The number of primary amides is 1. The molecule has 0 aromatic carbocycles. The highest BCUT2D eigenvalue weighted by Gasteiger charge is 2.29. The fraction of sp³-hybridized carbons (Fsp3) is 0.692. The van der Waals surface area contributed by atoms with E-state index in [1.54, 1.807) is 13.8 Å². The van der Waals surface area contributed by atoms with Crippen LogP contribution in [-0.4, -0.2) is 58.6 Å². The number of carboxylic acids is 1. The predicted molar refractivity (Wildman–Crippen MR) is 79.8 cm³/mol. The molecule has 0 aromatic rings. The third-order valence-corrected chi connectivity index (χ3v) is 3.08. The van der Waals surface area contributed by atoms with E-state index in [1.807, 2.05) is 0 Å². The van der Waals surface area contributed by atoms with Gasteiger partial charge >= 0.3 is 5.97 Å². The number of amides is 3. The lowest BCUT2D eigenvalue weighted by atomic mass is 10.0. The van der Waals surface area contributed by atoms with Crippen molar-refractivity contribution in [3.05, 3.63) is 0 Å². The van der Waals surface area contributed by atoms with Gasteiger partial charge in [0.15, 0.2) is 0 Å². The van der Waals surface area contributed by atoms with Crippen molar-refractivity contribution in [2.75, 3.05) is 6.61 Å². The van der Waals surface area contributed by atoms with Gasteiger partial charge in [0.25, 0.3) is 0 Å². The maximum Gasteiger partial charge on any atom is 0.326 e. The molecule has 0 fully saturated rings. The predicted octanol–water partition coefficient (Wildman–Crippen LogP) is -2.72. The minimum atomic E-state index is -1.24. The van der Waals surface area contributed by atoms with Crippen LogP contribution in [0.5, 0.6) is 0 Å². The number of hydrogen-bond acceptors (Lipinski definition) is 6. The second-order valence-electron chi connectivity index (χ2n) is 5.42. The van der Waals surface area contributed by atoms with Gasteiger partial charge in [-0.25, -0.2) is 4.79 Å². The third-order valence-electron chi connectivity index (χ3n) is 3.08. The molecular formula is C13H24N4O6. The summed E-state index contributed by atoms with van der Waals surface area (Å²) in [6.07, 6.45) is -0.304. The Hall–Kier alpha value is -2.20. The van der Waals surface area contributed by atoms with Crippen molar-refractivity contribution in [1.29, 1.82) is 0 Å². The van der Waals surface area contributed by atoms with Gasteiger partial charge < -0.3 is 32.3 Å². The van der Waals surface area contributed by atoms with Crippen molar-refractivity contribution >= 4 is 23.7 Å². The highest BCUT2D eigenvalue weighted by atomic mass is 16.4. The molecule has 23 heavy (non-hydrogen) atoms. The number of rotatable bonds is 10. The Labute approximate surface area is 133 Å². The van der Waals surface area contributed by atoms with Crippen LogP contribution >= 0.6 is 0 Å². The zero-order chi connectivity index (χ0) is 18.2. The van der Waals surface area contributed by atoms with Crippen LogP contribution in [0.2, 0.25) is 0 Å². The lowest BCUT2D eigenvalue weighted by molar-refractivity contribution is -0.143. The summed E-state index contributed by atoms with van der Waals surface area (Å²) in [6, 6.07) is -3.57. The molecule has 132 valence electrons. The first kappa shape index (κ1) is 20.8. The van der Waals surface area contributed by atoms with Crippen LogP contribution in [0, 0.1) is 5.92 Å². The van der Waals surface area contributed by atoms with E-state index in [1.165, 1.54) is 0 Å². The van der Waals surface area contributed by atoms with Gasteiger partial charge in [0.1, 0.15) is 18.1 Å². The van der Waals surface area contributed by atoms with E-state index in [2.05, 4.69) is 10.6 Å². The van der Waals surface area contributed by atoms with Crippen LogP contribution in [0.15, 0.2) is 0 Å². The molecule has 3 amide bonds. The Morgan fingerprint density at radius 3 is 2.04 bits per heavy atom. The van der Waals surface area contributed by atoms with E-state index in [4.69, 9.17) is 21.7 Å². The van der Waals surface area contributed by atoms with Gasteiger partial charge in [-0.15, -0.1) is 0 Å². The van der Waals surface area contributed by atoms with Gasteiger partial charge in [0.2, 0.25) is 17.7 Å². The van der Waals surface area contributed by atoms with E-state index in [-0.39, 0.29) is 18.8 Å². The molecule has 0 unspecified atom stereocenters. The van der Waals surface area contributed by atoms with Crippen LogP contribution in [0.1, 0.15) is 26.7 Å². The maximum absolute atomic E-state index is 12.2. The summed E-state index contributed by atoms with van der Waals surface area (Å²) in [7, 11) is 0. The summed E-state index contributed by atoms with van der Waals surface area (Å²) in [5, 5.41) is 22.5. The molecule has 10 heteroatoms. The molecule has 0 saturated heterocycles. The number of carbonyl (C=O) groups excluding carboxylic acids is 3. The number of nitrogens with one attached hydrogen (secondary N) is 2. The van der Waals surface area contributed by atoms with Crippen molar-refractivity contribution in [3.63, 3.8) is 0 Å². The molecule has 0 aliphatic carbocycles. The summed E-state index contributed by atoms with van der Waals surface area (Å²) in [5.41, 5.74) is 10.4. The summed E-state index contributed by atoms with van der Waals surface area (Å²) < 4.78 is 0. The zero-order valence-electron chi connectivity index (χ0n) is 13.1. The highest BCUT2D eigenvalue weighted by molar-refractivity contribution is 5.92. The number of carboxylic acid groups (broad SMARTS) is 1. The summed E-state index contributed by atoms with van der Waals surface area (Å²) in [4.78, 5) is 45.8. The second kappa shape index (κ2) is 9.74. The minimum absolute atomic E-state index is 0.116. The van der Waals surface area contributed by atoms with Gasteiger partial charge in [-0.1, -0.05) is 13.8 Å². The van der Waals surface area contributed by atoms with E-state index >= 15 is 0 Å². The first-order valence-corrected chi connectivity index (χ1v) is 7.08. The molecular weight excluding hydrogens is 308 g/mol. The van der Waals surface area contributed by atoms with Crippen molar-refractivity contribution in [1.82, 2.24) is 10.6 Å². The fourth-order valence-corrected chi connectivity index (χ4v) is 1.68. The highest BCUT2D eigenvalue weighted by Crippen LogP contribution is 2.05. The van der Waals surface area contributed by atoms with Crippen molar-refractivity contribution in [2.45, 2.75) is 44.8 Å². The summed E-state index contributed by atoms with van der Waals surface area (Å²) >= 11 is 0. The molecule has 0 rings (SSSR count). The molecule has 0 aliphatic rings. The Bertz CT molecular complexity index is 454. The maximum atomic E-state index is 12.2. The van der Waals surface area contributed by atoms with Crippen molar-refractivity contribution < 1.29 is 29.4 Å². The number of nitrogens with two attached hydrogens (primary N) is 2. The molecule has 0 bridgehead atoms. The molecule has 0 spiro atoms. The SMILES string of the molecule is CC(C)[C@H](NC(=O)[C@H](CCC(N)=O)NC(=O)[C@@H](N)CO)C(=O)O. The molecule has 3 atom stereocenters. The largest absolute Gasteiger partial charge is 0.480 e. The zero-order valence-corrected chi connectivity index (χ0v) is 13.1. The average molecular weight is 332 g/mol. The monoisotopic (exact) mass is 332 g/mol. The lowest BCUT2D eigenvalue weighted by Crippen LogP contribution is -2.56. The Balaban J connectivity index is 5.02. The number of aliphatic carboxylic acids is 1. The van der Waals surface area contributed by atoms with Crippen LogP contribution in [0.25, 0.3) is 0 Å². The van der Waals surface area contributed by atoms with E-state index in [9.17, 15) is 19.2 Å². The van der Waals surface area contributed by atoms with Crippen molar-refractivity contribution in [2.24, 2.45) is 17.4 Å². The molecule has 0 aromatic heterocycles. The lowest BCUT2D eigenvalue weighted by Gasteiger charge is -2.23. The third kappa shape index (κ3) is 7.56. The second-order valence-corrected chi connectivity index (χ2v) is 5.42. The van der Waals surface area contributed by atoms with Gasteiger partial charge in [-0.2, -0.15) is 0 Å². The van der Waals surface area contributed by atoms with Crippen molar-refractivity contribution in [3.8, 4) is 0 Å². The molecule has 0 saturated carbocycles. The Morgan fingerprint density at radius 2 is 1.65 bits per heavy atom. The standard InChI is InChI=1S/C13H24N4O6/c1-6(2)10(13(22)23)17-12(21)8(3-4-9(15)19)16-11(20)7(14)5-18/h6-8,10,18H,3-5,14H2,1-2H3,(H2,15,19)(H,16,20)(H,17,21)(H,22,23)/t7-,8-,10-/m0/s1. The molecule has 0 aliphatic heterocycles. The Morgan fingerprint density at radius 1 is 1.09 bits per heavy atom. The van der Waals surface area contributed by atoms with E-state index in [0.29, 0.717) is 0 Å². The van der Waals surface area contributed by atoms with E-state index < -0.39 is 48.4 Å². The van der Waals surface area contributed by atoms with Gasteiger partial charge in [-0.3, -0.25) is 14.4 Å². The molecule has 10 nitrogen and oxygen atoms in total. The molecule has 0 heterocycles.